The Morgan fingerprint density at radius 1 is 1.06 bits per heavy atom. The van der Waals surface area contributed by atoms with Crippen LogP contribution in [-0.4, -0.2) is 23.9 Å². The Hall–Kier alpha value is -3.64. The minimum Gasteiger partial charge on any atom is -0.507 e. The van der Waals surface area contributed by atoms with Crippen molar-refractivity contribution in [2.45, 2.75) is 33.2 Å². The second-order valence-corrected chi connectivity index (χ2v) is 8.91. The van der Waals surface area contributed by atoms with Crippen LogP contribution in [0.5, 0.6) is 5.75 Å². The Balaban J connectivity index is 1.97. The average molecular weight is 494 g/mol. The molecule has 0 aromatic heterocycles. The molecule has 0 aliphatic carbocycles. The first-order valence-electron chi connectivity index (χ1n) is 11.2. The van der Waals surface area contributed by atoms with Gasteiger partial charge in [0.1, 0.15) is 17.3 Å². The monoisotopic (exact) mass is 493 g/mol. The summed E-state index contributed by atoms with van der Waals surface area (Å²) in [7, 11) is 1.56. The van der Waals surface area contributed by atoms with E-state index in [0.29, 0.717) is 22.4 Å². The molecule has 0 bridgehead atoms. The van der Waals surface area contributed by atoms with Crippen molar-refractivity contribution in [1.29, 1.82) is 0 Å². The van der Waals surface area contributed by atoms with Crippen molar-refractivity contribution in [2.24, 2.45) is 0 Å². The van der Waals surface area contributed by atoms with Crippen LogP contribution in [0, 0.1) is 19.7 Å². The number of carbonyl (C=O) groups excluding carboxylic acids is 2. The fourth-order valence-corrected chi connectivity index (χ4v) is 4.57. The van der Waals surface area contributed by atoms with Gasteiger partial charge in [-0.1, -0.05) is 42.8 Å². The summed E-state index contributed by atoms with van der Waals surface area (Å²) in [5.74, 6) is -1.94. The quantitative estimate of drug-likeness (QED) is 0.257. The molecule has 1 saturated heterocycles. The Morgan fingerprint density at radius 2 is 1.74 bits per heavy atom. The van der Waals surface area contributed by atoms with Gasteiger partial charge in [0.25, 0.3) is 11.7 Å². The van der Waals surface area contributed by atoms with Crippen LogP contribution in [0.4, 0.5) is 10.1 Å². The lowest BCUT2D eigenvalue weighted by Crippen LogP contribution is -2.29. The van der Waals surface area contributed by atoms with E-state index in [-0.39, 0.29) is 22.0 Å². The molecular weight excluding hydrogens is 469 g/mol. The van der Waals surface area contributed by atoms with E-state index in [4.69, 9.17) is 16.3 Å². The number of halogens is 2. The van der Waals surface area contributed by atoms with E-state index in [0.717, 1.165) is 23.6 Å². The van der Waals surface area contributed by atoms with Crippen LogP contribution in [0.25, 0.3) is 5.76 Å². The first-order chi connectivity index (χ1) is 16.7. The molecule has 1 heterocycles. The molecule has 0 radical (unpaired) electrons. The number of hydrogen-bond acceptors (Lipinski definition) is 4. The van der Waals surface area contributed by atoms with Crippen LogP contribution in [0.1, 0.15) is 40.8 Å². The summed E-state index contributed by atoms with van der Waals surface area (Å²) in [5, 5.41) is 11.3. The van der Waals surface area contributed by atoms with E-state index in [1.807, 2.05) is 38.1 Å². The van der Waals surface area contributed by atoms with Gasteiger partial charge in [0.05, 0.1) is 23.7 Å². The molecule has 0 saturated carbocycles. The number of methoxy groups -OCH3 is 1. The number of aliphatic hydroxyl groups excluding tert-OH is 1. The van der Waals surface area contributed by atoms with E-state index >= 15 is 0 Å². The Kier molecular flexibility index (Phi) is 6.68. The van der Waals surface area contributed by atoms with Crippen LogP contribution in [0.2, 0.25) is 5.02 Å². The number of rotatable bonds is 5. The van der Waals surface area contributed by atoms with E-state index in [1.165, 1.54) is 17.0 Å². The van der Waals surface area contributed by atoms with Crippen LogP contribution in [0.15, 0.2) is 60.2 Å². The molecule has 1 unspecified atom stereocenters. The van der Waals surface area contributed by atoms with E-state index in [2.05, 4.69) is 0 Å². The number of hydrogen-bond donors (Lipinski definition) is 1. The highest BCUT2D eigenvalue weighted by Gasteiger charge is 2.47. The van der Waals surface area contributed by atoms with Gasteiger partial charge in [-0.3, -0.25) is 14.5 Å². The number of aryl methyl sites for hydroxylation is 3. The van der Waals surface area contributed by atoms with E-state index in [9.17, 15) is 19.1 Å². The van der Waals surface area contributed by atoms with Crippen molar-refractivity contribution in [1.82, 2.24) is 0 Å². The maximum absolute atomic E-state index is 13.9. The molecule has 180 valence electrons. The molecule has 7 heteroatoms. The lowest BCUT2D eigenvalue weighted by atomic mass is 9.92. The molecule has 3 aromatic rings. The molecule has 3 aromatic carbocycles. The summed E-state index contributed by atoms with van der Waals surface area (Å²) in [6, 6.07) is 13.9. The number of aliphatic hydroxyl groups is 1. The number of ketones is 1. The lowest BCUT2D eigenvalue weighted by molar-refractivity contribution is -0.132. The Morgan fingerprint density at radius 3 is 2.34 bits per heavy atom. The molecule has 4 rings (SSSR count). The molecular formula is C28H25ClFNO4. The number of amides is 1. The number of carbonyl (C=O) groups is 2. The minimum absolute atomic E-state index is 0.0487. The summed E-state index contributed by atoms with van der Waals surface area (Å²) in [5.41, 5.74) is 3.79. The van der Waals surface area contributed by atoms with Crippen molar-refractivity contribution in [3.05, 3.63) is 98.8 Å². The zero-order chi connectivity index (χ0) is 25.4. The molecule has 1 atom stereocenters. The summed E-state index contributed by atoms with van der Waals surface area (Å²) in [6.45, 7) is 5.64. The highest BCUT2D eigenvalue weighted by molar-refractivity contribution is 6.51. The third-order valence-corrected chi connectivity index (χ3v) is 6.62. The predicted molar refractivity (Wildman–Crippen MR) is 134 cm³/mol. The van der Waals surface area contributed by atoms with E-state index < -0.39 is 23.5 Å². The maximum Gasteiger partial charge on any atom is 0.300 e. The molecule has 35 heavy (non-hydrogen) atoms. The van der Waals surface area contributed by atoms with Crippen molar-refractivity contribution in [3.8, 4) is 5.75 Å². The highest BCUT2D eigenvalue weighted by atomic mass is 35.5. The molecule has 1 aliphatic rings. The lowest BCUT2D eigenvalue weighted by Gasteiger charge is -2.26. The molecule has 1 fully saturated rings. The Bertz CT molecular complexity index is 1360. The van der Waals surface area contributed by atoms with E-state index in [1.54, 1.807) is 26.2 Å². The van der Waals surface area contributed by atoms with Gasteiger partial charge in [0.2, 0.25) is 0 Å². The third kappa shape index (κ3) is 4.30. The van der Waals surface area contributed by atoms with Gasteiger partial charge >= 0.3 is 0 Å². The van der Waals surface area contributed by atoms with Crippen LogP contribution < -0.4 is 9.64 Å². The fraction of sp³-hybridized carbons (Fsp3) is 0.214. The van der Waals surface area contributed by atoms with Gasteiger partial charge in [-0.15, -0.1) is 0 Å². The normalized spacial score (nSPS) is 17.2. The van der Waals surface area contributed by atoms with Crippen molar-refractivity contribution in [2.75, 3.05) is 12.0 Å². The SMILES string of the molecule is CCc1ccc(C2/C(=C(\O)c3cc(C)c(OC)cc3C)C(=O)C(=O)N2c2ccc(F)c(Cl)c2)cc1. The second kappa shape index (κ2) is 9.55. The van der Waals surface area contributed by atoms with Crippen molar-refractivity contribution in [3.63, 3.8) is 0 Å². The second-order valence-electron chi connectivity index (χ2n) is 8.50. The topological polar surface area (TPSA) is 66.8 Å². The summed E-state index contributed by atoms with van der Waals surface area (Å²) in [4.78, 5) is 27.9. The first-order valence-corrected chi connectivity index (χ1v) is 11.6. The maximum atomic E-state index is 13.9. The van der Waals surface area contributed by atoms with Gasteiger partial charge in [-0.2, -0.15) is 0 Å². The van der Waals surface area contributed by atoms with Crippen molar-refractivity contribution < 1.29 is 23.8 Å². The number of anilines is 1. The fourth-order valence-electron chi connectivity index (χ4n) is 4.39. The van der Waals surface area contributed by atoms with Crippen LogP contribution in [-0.2, 0) is 16.0 Å². The predicted octanol–water partition coefficient (Wildman–Crippen LogP) is 6.29. The molecule has 1 amide bonds. The number of benzene rings is 3. The summed E-state index contributed by atoms with van der Waals surface area (Å²) >= 11 is 6.00. The highest BCUT2D eigenvalue weighted by Crippen LogP contribution is 2.43. The van der Waals surface area contributed by atoms with Crippen LogP contribution in [0.3, 0.4) is 0 Å². The van der Waals surface area contributed by atoms with Crippen molar-refractivity contribution >= 4 is 34.7 Å². The molecule has 0 spiro atoms. The number of nitrogens with zero attached hydrogens (tertiary/aromatic N) is 1. The number of Topliss-reactive ketones (excluding diaryl/α,β-unsaturated/α-hetero) is 1. The van der Waals surface area contributed by atoms with Crippen LogP contribution >= 0.6 is 11.6 Å². The third-order valence-electron chi connectivity index (χ3n) is 6.33. The zero-order valence-electron chi connectivity index (χ0n) is 19.9. The summed E-state index contributed by atoms with van der Waals surface area (Å²) < 4.78 is 19.2. The van der Waals surface area contributed by atoms with Gasteiger partial charge in [0.15, 0.2) is 0 Å². The average Bonchev–Trinajstić information content (AvgIpc) is 3.12. The van der Waals surface area contributed by atoms with Gasteiger partial charge < -0.3 is 9.84 Å². The molecule has 5 nitrogen and oxygen atoms in total. The first kappa shape index (κ1) is 24.5. The molecule has 1 N–H and O–H groups in total. The number of ether oxygens (including phenoxy) is 1. The largest absolute Gasteiger partial charge is 0.507 e. The Labute approximate surface area is 208 Å². The minimum atomic E-state index is -0.927. The van der Waals surface area contributed by atoms with Gasteiger partial charge in [-0.05, 0) is 72.9 Å². The van der Waals surface area contributed by atoms with Gasteiger partial charge in [0, 0.05) is 11.3 Å². The molecule has 1 aliphatic heterocycles. The smallest absolute Gasteiger partial charge is 0.300 e. The summed E-state index contributed by atoms with van der Waals surface area (Å²) in [6.07, 6.45) is 0.818. The zero-order valence-corrected chi connectivity index (χ0v) is 20.6. The standard InChI is InChI=1S/C28H25ClFNO4/c1-5-17-6-8-18(9-7-17)25-24(26(32)20-12-16(3)23(35-4)13-15(20)2)27(33)28(34)31(25)19-10-11-22(30)21(29)14-19/h6-14,25,32H,5H2,1-4H3/b26-24+. The van der Waals surface area contributed by atoms with Gasteiger partial charge in [-0.25, -0.2) is 4.39 Å².